The van der Waals surface area contributed by atoms with Gasteiger partial charge in [0.25, 0.3) is 10.0 Å². The van der Waals surface area contributed by atoms with E-state index < -0.39 is 16.7 Å². The molecular formula is C17H20FN3O3S. The van der Waals surface area contributed by atoms with E-state index in [-0.39, 0.29) is 22.8 Å². The van der Waals surface area contributed by atoms with E-state index >= 15 is 0 Å². The number of rotatable bonds is 2. The van der Waals surface area contributed by atoms with Crippen molar-refractivity contribution in [3.63, 3.8) is 0 Å². The fraction of sp³-hybridized carbons (Fsp3) is 0.529. The van der Waals surface area contributed by atoms with Crippen LogP contribution in [0, 0.1) is 5.92 Å². The Hall–Kier alpha value is -1.96. The Bertz CT molecular complexity index is 831. The number of likely N-dealkylation sites (tertiary alicyclic amines) is 2. The molecule has 3 aliphatic rings. The largest absolute Gasteiger partial charge is 0.355 e. The summed E-state index contributed by atoms with van der Waals surface area (Å²) in [5.41, 5.74) is 0.649. The molecule has 1 aromatic rings. The molecule has 6 nitrogen and oxygen atoms in total. The fourth-order valence-electron chi connectivity index (χ4n) is 3.97. The lowest BCUT2D eigenvalue weighted by Crippen LogP contribution is -2.47. The molecule has 2 saturated heterocycles. The molecule has 0 radical (unpaired) electrons. The number of nitrogens with zero attached hydrogens (tertiary/aromatic N) is 3. The summed E-state index contributed by atoms with van der Waals surface area (Å²) in [6.45, 7) is 1.32. The lowest BCUT2D eigenvalue weighted by atomic mass is 10.0. The molecule has 0 spiro atoms. The fourth-order valence-corrected chi connectivity index (χ4v) is 5.20. The number of carbonyl (C=O) groups excluding carboxylic acids is 1. The van der Waals surface area contributed by atoms with E-state index in [1.165, 1.54) is 0 Å². The normalized spacial score (nSPS) is 26.0. The Balaban J connectivity index is 1.48. The van der Waals surface area contributed by atoms with Crippen LogP contribution in [0.4, 0.5) is 4.39 Å². The van der Waals surface area contributed by atoms with Gasteiger partial charge in [-0.1, -0.05) is 12.1 Å². The zero-order valence-electron chi connectivity index (χ0n) is 13.8. The third kappa shape index (κ3) is 2.82. The van der Waals surface area contributed by atoms with Gasteiger partial charge in [0.2, 0.25) is 5.91 Å². The number of amides is 1. The van der Waals surface area contributed by atoms with Crippen molar-refractivity contribution in [2.75, 3.05) is 26.3 Å². The maximum absolute atomic E-state index is 12.8. The first-order chi connectivity index (χ1) is 12.0. The Labute approximate surface area is 146 Å². The molecule has 0 aliphatic carbocycles. The highest BCUT2D eigenvalue weighted by Crippen LogP contribution is 2.30. The summed E-state index contributed by atoms with van der Waals surface area (Å²) in [5.74, 6) is 0.359. The van der Waals surface area contributed by atoms with E-state index in [1.807, 2.05) is 15.9 Å². The van der Waals surface area contributed by atoms with Gasteiger partial charge >= 0.3 is 0 Å². The van der Waals surface area contributed by atoms with Crippen molar-refractivity contribution in [1.29, 1.82) is 0 Å². The molecule has 3 aliphatic heterocycles. The predicted molar refractivity (Wildman–Crippen MR) is 90.6 cm³/mol. The topological polar surface area (TPSA) is 70.1 Å². The molecule has 1 amide bonds. The molecule has 4 rings (SSSR count). The maximum Gasteiger partial charge on any atom is 0.285 e. The van der Waals surface area contributed by atoms with Crippen molar-refractivity contribution < 1.29 is 17.6 Å². The number of halogens is 1. The average molecular weight is 365 g/mol. The smallest absolute Gasteiger partial charge is 0.285 e. The molecule has 134 valence electrons. The van der Waals surface area contributed by atoms with Crippen LogP contribution in [-0.4, -0.2) is 62.3 Å². The Morgan fingerprint density at radius 1 is 1.20 bits per heavy atom. The number of piperidine rings is 1. The van der Waals surface area contributed by atoms with Gasteiger partial charge in [0, 0.05) is 43.6 Å². The SMILES string of the molecule is O=C1CC(CF)CN1C1CCN(C2=NS(=O)(=O)c3ccccc32)CC1. The van der Waals surface area contributed by atoms with Gasteiger partial charge in [-0.25, -0.2) is 0 Å². The molecule has 2 fully saturated rings. The van der Waals surface area contributed by atoms with Crippen molar-refractivity contribution in [2.45, 2.75) is 30.2 Å². The number of amidine groups is 1. The van der Waals surface area contributed by atoms with Gasteiger partial charge in [0.1, 0.15) is 4.90 Å². The van der Waals surface area contributed by atoms with Crippen LogP contribution < -0.4 is 0 Å². The molecule has 1 aromatic carbocycles. The lowest BCUT2D eigenvalue weighted by Gasteiger charge is -2.37. The predicted octanol–water partition coefficient (Wildman–Crippen LogP) is 1.42. The van der Waals surface area contributed by atoms with Crippen LogP contribution >= 0.6 is 0 Å². The monoisotopic (exact) mass is 365 g/mol. The lowest BCUT2D eigenvalue weighted by molar-refractivity contribution is -0.130. The summed E-state index contributed by atoms with van der Waals surface area (Å²) in [5, 5.41) is 0. The van der Waals surface area contributed by atoms with Crippen LogP contribution in [0.5, 0.6) is 0 Å². The average Bonchev–Trinajstić information content (AvgIpc) is 3.13. The molecule has 8 heteroatoms. The van der Waals surface area contributed by atoms with Crippen molar-refractivity contribution >= 4 is 21.8 Å². The van der Waals surface area contributed by atoms with Crippen molar-refractivity contribution in [1.82, 2.24) is 9.80 Å². The number of alkyl halides is 1. The summed E-state index contributed by atoms with van der Waals surface area (Å²) in [7, 11) is -3.61. The number of benzene rings is 1. The number of hydrogen-bond acceptors (Lipinski definition) is 4. The van der Waals surface area contributed by atoms with Crippen LogP contribution in [0.2, 0.25) is 0 Å². The molecule has 0 aromatic heterocycles. The first kappa shape index (κ1) is 16.5. The highest BCUT2D eigenvalue weighted by molar-refractivity contribution is 7.90. The summed E-state index contributed by atoms with van der Waals surface area (Å²) in [6.07, 6.45) is 1.78. The van der Waals surface area contributed by atoms with Crippen LogP contribution in [0.25, 0.3) is 0 Å². The number of fused-ring (bicyclic) bond motifs is 1. The van der Waals surface area contributed by atoms with Gasteiger partial charge in [-0.2, -0.15) is 8.42 Å². The Morgan fingerprint density at radius 2 is 1.92 bits per heavy atom. The van der Waals surface area contributed by atoms with Gasteiger partial charge in [0.05, 0.1) is 6.67 Å². The van der Waals surface area contributed by atoms with E-state index in [1.54, 1.807) is 18.2 Å². The second-order valence-corrected chi connectivity index (χ2v) is 8.45. The van der Waals surface area contributed by atoms with Crippen LogP contribution in [0.1, 0.15) is 24.8 Å². The van der Waals surface area contributed by atoms with Crippen molar-refractivity contribution in [3.05, 3.63) is 29.8 Å². The summed E-state index contributed by atoms with van der Waals surface area (Å²) in [6, 6.07) is 6.96. The third-order valence-electron chi connectivity index (χ3n) is 5.27. The van der Waals surface area contributed by atoms with Gasteiger partial charge in [0.15, 0.2) is 5.84 Å². The first-order valence-corrected chi connectivity index (χ1v) is 9.98. The molecule has 1 atom stereocenters. The maximum atomic E-state index is 12.8. The number of hydrogen-bond donors (Lipinski definition) is 0. The zero-order valence-corrected chi connectivity index (χ0v) is 14.6. The molecule has 0 bridgehead atoms. The van der Waals surface area contributed by atoms with Crippen LogP contribution in [-0.2, 0) is 14.8 Å². The summed E-state index contributed by atoms with van der Waals surface area (Å²) in [4.78, 5) is 16.1. The van der Waals surface area contributed by atoms with Crippen molar-refractivity contribution in [2.24, 2.45) is 10.3 Å². The van der Waals surface area contributed by atoms with E-state index in [9.17, 15) is 17.6 Å². The zero-order chi connectivity index (χ0) is 17.6. The minimum absolute atomic E-state index is 0.0345. The summed E-state index contributed by atoms with van der Waals surface area (Å²) < 4.78 is 41.2. The van der Waals surface area contributed by atoms with Gasteiger partial charge < -0.3 is 9.80 Å². The minimum Gasteiger partial charge on any atom is -0.355 e. The summed E-state index contributed by atoms with van der Waals surface area (Å²) >= 11 is 0. The Morgan fingerprint density at radius 3 is 2.60 bits per heavy atom. The van der Waals surface area contributed by atoms with E-state index in [4.69, 9.17) is 0 Å². The highest BCUT2D eigenvalue weighted by atomic mass is 32.2. The molecule has 0 N–H and O–H groups in total. The van der Waals surface area contributed by atoms with Gasteiger partial charge in [-0.15, -0.1) is 4.40 Å². The van der Waals surface area contributed by atoms with E-state index in [0.29, 0.717) is 37.5 Å². The van der Waals surface area contributed by atoms with Crippen LogP contribution in [0.3, 0.4) is 0 Å². The van der Waals surface area contributed by atoms with Crippen LogP contribution in [0.15, 0.2) is 33.6 Å². The standard InChI is InChI=1S/C17H20FN3O3S/c18-10-12-9-16(22)21(11-12)13-5-7-20(8-6-13)17-14-3-1-2-4-15(14)25(23,24)19-17/h1-4,12-13H,5-11H2. The first-order valence-electron chi connectivity index (χ1n) is 8.54. The Kier molecular flexibility index (Phi) is 4.02. The van der Waals surface area contributed by atoms with E-state index in [0.717, 1.165) is 12.8 Å². The number of sulfonamides is 1. The second-order valence-electron chi connectivity index (χ2n) is 6.87. The van der Waals surface area contributed by atoms with Gasteiger partial charge in [-0.3, -0.25) is 9.18 Å². The van der Waals surface area contributed by atoms with E-state index in [2.05, 4.69) is 4.40 Å². The second kappa shape index (κ2) is 6.09. The molecule has 1 unspecified atom stereocenters. The molecule has 25 heavy (non-hydrogen) atoms. The molecular weight excluding hydrogens is 345 g/mol. The number of carbonyl (C=O) groups is 1. The molecule has 0 saturated carbocycles. The van der Waals surface area contributed by atoms with Crippen molar-refractivity contribution in [3.8, 4) is 0 Å². The quantitative estimate of drug-likeness (QED) is 0.795. The third-order valence-corrected chi connectivity index (χ3v) is 6.60. The molecule has 3 heterocycles. The minimum atomic E-state index is -3.61. The highest BCUT2D eigenvalue weighted by Gasteiger charge is 2.38. The van der Waals surface area contributed by atoms with Gasteiger partial charge in [-0.05, 0) is 25.0 Å².